The molecule has 1 saturated carbocycles. The maximum atomic E-state index is 14.3. The van der Waals surface area contributed by atoms with Crippen molar-refractivity contribution in [2.24, 2.45) is 0 Å². The third-order valence-electron chi connectivity index (χ3n) is 7.20. The molecule has 3 heterocycles. The predicted molar refractivity (Wildman–Crippen MR) is 141 cm³/mol. The number of ether oxygens (including phenoxy) is 1. The number of aromatic nitrogens is 3. The van der Waals surface area contributed by atoms with Crippen LogP contribution < -0.4 is 9.64 Å². The Hall–Kier alpha value is -3.76. The maximum absolute atomic E-state index is 14.3. The molecular formula is C27H23ClN4O5S. The van der Waals surface area contributed by atoms with Crippen molar-refractivity contribution in [1.29, 1.82) is 0 Å². The number of rotatable bonds is 5. The third-order valence-corrected chi connectivity index (χ3v) is 9.28. The number of carbonyl (C=O) groups is 2. The minimum atomic E-state index is -4.34. The summed E-state index contributed by atoms with van der Waals surface area (Å²) in [6, 6.07) is 10.4. The van der Waals surface area contributed by atoms with Crippen LogP contribution in [0.3, 0.4) is 0 Å². The molecule has 2 aromatic heterocycles. The van der Waals surface area contributed by atoms with Crippen molar-refractivity contribution >= 4 is 50.2 Å². The van der Waals surface area contributed by atoms with Crippen LogP contribution in [0.2, 0.25) is 5.02 Å². The highest BCUT2D eigenvalue weighted by Crippen LogP contribution is 2.45. The normalized spacial score (nSPS) is 16.3. The van der Waals surface area contributed by atoms with E-state index in [9.17, 15) is 18.0 Å². The molecule has 0 bridgehead atoms. The van der Waals surface area contributed by atoms with E-state index in [2.05, 4.69) is 9.97 Å². The molecule has 38 heavy (non-hydrogen) atoms. The summed E-state index contributed by atoms with van der Waals surface area (Å²) >= 11 is 6.30. The Morgan fingerprint density at radius 3 is 2.24 bits per heavy atom. The Morgan fingerprint density at radius 1 is 0.947 bits per heavy atom. The van der Waals surface area contributed by atoms with Gasteiger partial charge in [0, 0.05) is 18.4 Å². The first kappa shape index (κ1) is 24.6. The molecule has 0 radical (unpaired) electrons. The van der Waals surface area contributed by atoms with Crippen molar-refractivity contribution in [3.63, 3.8) is 0 Å². The average Bonchev–Trinajstić information content (AvgIpc) is 3.40. The van der Waals surface area contributed by atoms with Crippen LogP contribution >= 0.6 is 11.6 Å². The van der Waals surface area contributed by atoms with Crippen LogP contribution in [0, 0.1) is 0 Å². The molecule has 0 spiro atoms. The van der Waals surface area contributed by atoms with Crippen molar-refractivity contribution < 1.29 is 22.7 Å². The molecule has 2 aliphatic rings. The van der Waals surface area contributed by atoms with Gasteiger partial charge in [0.2, 0.25) is 9.84 Å². The number of anilines is 1. The van der Waals surface area contributed by atoms with Crippen molar-refractivity contribution in [3.05, 3.63) is 71.0 Å². The van der Waals surface area contributed by atoms with E-state index in [4.69, 9.17) is 16.3 Å². The topological polar surface area (TPSA) is 111 Å². The largest absolute Gasteiger partial charge is 0.495 e. The summed E-state index contributed by atoms with van der Waals surface area (Å²) in [5.74, 6) is -0.892. The van der Waals surface area contributed by atoms with Crippen LogP contribution in [0.5, 0.6) is 5.75 Å². The number of nitrogens with zero attached hydrogens (tertiary/aromatic N) is 4. The fourth-order valence-corrected chi connectivity index (χ4v) is 7.35. The molecule has 0 unspecified atom stereocenters. The van der Waals surface area contributed by atoms with Gasteiger partial charge in [-0.25, -0.2) is 23.3 Å². The van der Waals surface area contributed by atoms with Crippen LogP contribution in [0.25, 0.3) is 11.2 Å². The van der Waals surface area contributed by atoms with Gasteiger partial charge in [-0.3, -0.25) is 9.59 Å². The van der Waals surface area contributed by atoms with Gasteiger partial charge in [0.1, 0.15) is 22.0 Å². The molecule has 1 aliphatic carbocycles. The fraction of sp³-hybridized carbons (Fsp3) is 0.259. The maximum Gasteiger partial charge on any atom is 0.267 e. The summed E-state index contributed by atoms with van der Waals surface area (Å²) in [7, 11) is -2.91. The molecule has 2 aromatic carbocycles. The standard InChI is InChI=1S/C27H23ClN4O5S/c1-37-21-12-11-17(15-20(21)28)38(35,36)23-22-24(30-14-13-29-22)31(16-7-3-2-4-8-16)25(23)32-26(33)18-9-5-6-10-19(18)27(32)34/h5-6,9-16H,2-4,7-8H2,1H3. The van der Waals surface area contributed by atoms with Gasteiger partial charge < -0.3 is 9.30 Å². The van der Waals surface area contributed by atoms with Crippen LogP contribution in [0.4, 0.5) is 5.82 Å². The van der Waals surface area contributed by atoms with Crippen molar-refractivity contribution in [2.75, 3.05) is 12.0 Å². The smallest absolute Gasteiger partial charge is 0.267 e. The Balaban J connectivity index is 1.68. The number of hydrogen-bond donors (Lipinski definition) is 0. The summed E-state index contributed by atoms with van der Waals surface area (Å²) in [5.41, 5.74) is 0.838. The molecule has 1 fully saturated rings. The first-order valence-corrected chi connectivity index (χ1v) is 14.1. The summed E-state index contributed by atoms with van der Waals surface area (Å²) in [6.45, 7) is 0. The van der Waals surface area contributed by atoms with Crippen molar-refractivity contribution in [1.82, 2.24) is 14.5 Å². The Bertz CT molecular complexity index is 1690. The second-order valence-corrected chi connectivity index (χ2v) is 11.6. The van der Waals surface area contributed by atoms with E-state index in [0.717, 1.165) is 37.0 Å². The summed E-state index contributed by atoms with van der Waals surface area (Å²) < 4.78 is 35.6. The van der Waals surface area contributed by atoms with Gasteiger partial charge in [0.15, 0.2) is 5.65 Å². The monoisotopic (exact) mass is 550 g/mol. The number of benzene rings is 2. The highest BCUT2D eigenvalue weighted by atomic mass is 35.5. The predicted octanol–water partition coefficient (Wildman–Crippen LogP) is 5.23. The van der Waals surface area contributed by atoms with Gasteiger partial charge in [-0.15, -0.1) is 0 Å². The van der Waals surface area contributed by atoms with Gasteiger partial charge >= 0.3 is 0 Å². The zero-order valence-corrected chi connectivity index (χ0v) is 22.0. The number of imide groups is 1. The molecule has 6 rings (SSSR count). The fourth-order valence-electron chi connectivity index (χ4n) is 5.44. The molecule has 9 nitrogen and oxygen atoms in total. The highest BCUT2D eigenvalue weighted by Gasteiger charge is 2.44. The zero-order chi connectivity index (χ0) is 26.6. The van der Waals surface area contributed by atoms with Gasteiger partial charge in [-0.1, -0.05) is 43.0 Å². The van der Waals surface area contributed by atoms with E-state index < -0.39 is 21.7 Å². The summed E-state index contributed by atoms with van der Waals surface area (Å²) in [4.78, 5) is 36.9. The average molecular weight is 551 g/mol. The van der Waals surface area contributed by atoms with Gasteiger partial charge in [0.25, 0.3) is 11.8 Å². The Morgan fingerprint density at radius 2 is 1.61 bits per heavy atom. The SMILES string of the molecule is COc1ccc(S(=O)(=O)c2c(N3C(=O)c4ccccc4C3=O)n(C3CCCCC3)c3nccnc23)cc1Cl. The van der Waals surface area contributed by atoms with Crippen LogP contribution in [-0.2, 0) is 9.84 Å². The first-order valence-electron chi connectivity index (χ1n) is 12.3. The first-order chi connectivity index (χ1) is 18.3. The molecule has 2 amide bonds. The van der Waals surface area contributed by atoms with Gasteiger partial charge in [-0.2, -0.15) is 0 Å². The zero-order valence-electron chi connectivity index (χ0n) is 20.4. The second kappa shape index (κ2) is 9.21. The lowest BCUT2D eigenvalue weighted by Gasteiger charge is -2.28. The summed E-state index contributed by atoms with van der Waals surface area (Å²) in [6.07, 6.45) is 7.31. The van der Waals surface area contributed by atoms with Gasteiger partial charge in [-0.05, 0) is 43.2 Å². The van der Waals surface area contributed by atoms with E-state index in [1.807, 2.05) is 0 Å². The number of carbonyl (C=O) groups excluding carboxylic acids is 2. The molecule has 4 aromatic rings. The number of fused-ring (bicyclic) bond motifs is 2. The van der Waals surface area contributed by atoms with E-state index in [-0.39, 0.29) is 43.3 Å². The number of halogens is 1. The number of hydrogen-bond acceptors (Lipinski definition) is 7. The van der Waals surface area contributed by atoms with Crippen LogP contribution in [0.1, 0.15) is 58.9 Å². The molecule has 0 saturated heterocycles. The lowest BCUT2D eigenvalue weighted by Crippen LogP contribution is -2.33. The molecule has 0 N–H and O–H groups in total. The van der Waals surface area contributed by atoms with Crippen LogP contribution in [-0.4, -0.2) is 41.9 Å². The van der Waals surface area contributed by atoms with E-state index in [1.165, 1.54) is 37.7 Å². The molecule has 11 heteroatoms. The lowest BCUT2D eigenvalue weighted by molar-refractivity contribution is 0.0922. The number of sulfone groups is 1. The Kier molecular flexibility index (Phi) is 5.96. The molecule has 0 atom stereocenters. The van der Waals surface area contributed by atoms with Crippen molar-refractivity contribution in [2.45, 2.75) is 47.9 Å². The molecular weight excluding hydrogens is 528 g/mol. The van der Waals surface area contributed by atoms with E-state index in [1.54, 1.807) is 28.8 Å². The molecule has 1 aliphatic heterocycles. The number of methoxy groups -OCH3 is 1. The Labute approximate surface area is 223 Å². The minimum absolute atomic E-state index is 0.0313. The molecule has 194 valence electrons. The van der Waals surface area contributed by atoms with Crippen LogP contribution in [0.15, 0.2) is 64.6 Å². The lowest BCUT2D eigenvalue weighted by atomic mass is 9.95. The van der Waals surface area contributed by atoms with Crippen molar-refractivity contribution in [3.8, 4) is 5.75 Å². The minimum Gasteiger partial charge on any atom is -0.495 e. The second-order valence-electron chi connectivity index (χ2n) is 9.33. The van der Waals surface area contributed by atoms with Gasteiger partial charge in [0.05, 0.1) is 28.2 Å². The van der Waals surface area contributed by atoms with E-state index >= 15 is 0 Å². The van der Waals surface area contributed by atoms with E-state index in [0.29, 0.717) is 11.4 Å². The summed E-state index contributed by atoms with van der Waals surface area (Å²) in [5, 5.41) is 0.109. The number of amides is 2. The quantitative estimate of drug-likeness (QED) is 0.313. The highest BCUT2D eigenvalue weighted by molar-refractivity contribution is 7.92. The third kappa shape index (κ3) is 3.62.